The van der Waals surface area contributed by atoms with Gasteiger partial charge in [0.2, 0.25) is 5.91 Å². The molecule has 2 heterocycles. The van der Waals surface area contributed by atoms with E-state index in [9.17, 15) is 4.79 Å². The Bertz CT molecular complexity index is 1090. The van der Waals surface area contributed by atoms with Crippen molar-refractivity contribution in [2.24, 2.45) is 0 Å². The van der Waals surface area contributed by atoms with E-state index < -0.39 is 0 Å². The van der Waals surface area contributed by atoms with Gasteiger partial charge in [0.1, 0.15) is 16.3 Å². The lowest BCUT2D eigenvalue weighted by Crippen LogP contribution is -2.14. The van der Waals surface area contributed by atoms with E-state index in [0.717, 1.165) is 36.9 Å². The number of aromatic nitrogens is 3. The number of carbonyl (C=O) groups is 1. The van der Waals surface area contributed by atoms with Crippen molar-refractivity contribution in [1.82, 2.24) is 15.2 Å². The first-order valence-electron chi connectivity index (χ1n) is 9.21. The van der Waals surface area contributed by atoms with E-state index in [1.807, 2.05) is 60.8 Å². The Kier molecular flexibility index (Phi) is 6.73. The van der Waals surface area contributed by atoms with Gasteiger partial charge in [-0.15, -0.1) is 21.5 Å². The van der Waals surface area contributed by atoms with Gasteiger partial charge >= 0.3 is 0 Å². The first-order valence-corrected chi connectivity index (χ1v) is 11.8. The van der Waals surface area contributed by atoms with Crippen LogP contribution in [0.2, 0.25) is 0 Å². The molecule has 2 aromatic heterocycles. The first-order chi connectivity index (χ1) is 14.7. The number of benzene rings is 2. The zero-order chi connectivity index (χ0) is 20.8. The molecule has 0 spiro atoms. The van der Waals surface area contributed by atoms with Crippen LogP contribution in [-0.4, -0.2) is 27.7 Å². The summed E-state index contributed by atoms with van der Waals surface area (Å²) in [6, 6.07) is 15.5. The summed E-state index contributed by atoms with van der Waals surface area (Å²) in [6.07, 6.45) is 0.231. The maximum absolute atomic E-state index is 12.4. The molecule has 0 atom stereocenters. The lowest BCUT2D eigenvalue weighted by molar-refractivity contribution is -0.115. The average Bonchev–Trinajstić information content (AvgIpc) is 3.43. The third kappa shape index (κ3) is 5.44. The quantitative estimate of drug-likeness (QED) is 0.384. The fourth-order valence-electron chi connectivity index (χ4n) is 2.67. The fourth-order valence-corrected chi connectivity index (χ4v) is 4.94. The van der Waals surface area contributed by atoms with Crippen LogP contribution in [0.3, 0.4) is 0 Å². The summed E-state index contributed by atoms with van der Waals surface area (Å²) in [5.74, 6) is 0.744. The number of hydrogen-bond acceptors (Lipinski definition) is 8. The summed E-state index contributed by atoms with van der Waals surface area (Å²) >= 11 is 4.57. The van der Waals surface area contributed by atoms with Crippen molar-refractivity contribution in [3.8, 4) is 16.3 Å². The number of nitrogens with one attached hydrogen (secondary N) is 1. The highest BCUT2D eigenvalue weighted by molar-refractivity contribution is 8.01. The monoisotopic (exact) mass is 454 g/mol. The van der Waals surface area contributed by atoms with E-state index in [2.05, 4.69) is 20.5 Å². The zero-order valence-electron chi connectivity index (χ0n) is 16.1. The molecule has 152 valence electrons. The zero-order valence-corrected chi connectivity index (χ0v) is 18.5. The molecular formula is C21H18N4O2S3. The molecule has 0 saturated heterocycles. The largest absolute Gasteiger partial charge is 0.494 e. The van der Waals surface area contributed by atoms with E-state index in [-0.39, 0.29) is 12.3 Å². The summed E-state index contributed by atoms with van der Waals surface area (Å²) in [7, 11) is 0. The van der Waals surface area contributed by atoms with Crippen LogP contribution in [0.1, 0.15) is 12.6 Å². The molecule has 0 unspecified atom stereocenters. The number of amides is 1. The second-order valence-corrected chi connectivity index (χ2v) is 9.17. The van der Waals surface area contributed by atoms with Crippen LogP contribution < -0.4 is 10.1 Å². The van der Waals surface area contributed by atoms with Gasteiger partial charge in [0.05, 0.1) is 18.7 Å². The number of ether oxygens (including phenoxy) is 1. The maximum Gasteiger partial charge on any atom is 0.230 e. The molecule has 0 aliphatic carbocycles. The number of thiazole rings is 1. The van der Waals surface area contributed by atoms with Gasteiger partial charge in [-0.25, -0.2) is 4.98 Å². The fraction of sp³-hybridized carbons (Fsp3) is 0.143. The van der Waals surface area contributed by atoms with Crippen molar-refractivity contribution >= 4 is 46.0 Å². The van der Waals surface area contributed by atoms with Gasteiger partial charge in [-0.05, 0) is 55.5 Å². The summed E-state index contributed by atoms with van der Waals surface area (Å²) in [4.78, 5) is 18.0. The third-order valence-electron chi connectivity index (χ3n) is 3.99. The molecule has 0 radical (unpaired) electrons. The Labute approximate surface area is 186 Å². The van der Waals surface area contributed by atoms with E-state index in [1.54, 1.807) is 17.3 Å². The van der Waals surface area contributed by atoms with E-state index in [4.69, 9.17) is 4.74 Å². The second-order valence-electron chi connectivity index (χ2n) is 6.16. The summed E-state index contributed by atoms with van der Waals surface area (Å²) in [5, 5.41) is 13.6. The summed E-state index contributed by atoms with van der Waals surface area (Å²) in [5.41, 5.74) is 4.23. The predicted molar refractivity (Wildman–Crippen MR) is 122 cm³/mol. The SMILES string of the molecule is CCOc1ccc(-c2nc(CC(=O)Nc3ccc(Sc4nncs4)cc3)cs2)cc1. The van der Waals surface area contributed by atoms with Crippen LogP contribution in [0.5, 0.6) is 5.75 Å². The highest BCUT2D eigenvalue weighted by Crippen LogP contribution is 2.29. The molecule has 9 heteroatoms. The lowest BCUT2D eigenvalue weighted by Gasteiger charge is -2.05. The Morgan fingerprint density at radius 2 is 1.90 bits per heavy atom. The minimum absolute atomic E-state index is 0.0944. The van der Waals surface area contributed by atoms with Crippen LogP contribution in [0.15, 0.2) is 68.7 Å². The minimum Gasteiger partial charge on any atom is -0.494 e. The molecule has 6 nitrogen and oxygen atoms in total. The number of nitrogens with zero attached hydrogens (tertiary/aromatic N) is 3. The predicted octanol–water partition coefficient (Wildman–Crippen LogP) is 5.39. The van der Waals surface area contributed by atoms with Gasteiger partial charge in [-0.1, -0.05) is 23.1 Å². The second kappa shape index (κ2) is 9.84. The first kappa shape index (κ1) is 20.5. The third-order valence-corrected chi connectivity index (χ3v) is 6.71. The smallest absolute Gasteiger partial charge is 0.230 e. The molecule has 0 saturated carbocycles. The average molecular weight is 455 g/mol. The topological polar surface area (TPSA) is 77.0 Å². The molecule has 0 aliphatic rings. The van der Waals surface area contributed by atoms with Crippen LogP contribution in [0.4, 0.5) is 5.69 Å². The Morgan fingerprint density at radius 3 is 2.60 bits per heavy atom. The van der Waals surface area contributed by atoms with Crippen molar-refractivity contribution in [2.75, 3.05) is 11.9 Å². The van der Waals surface area contributed by atoms with Gasteiger partial charge in [0.25, 0.3) is 0 Å². The van der Waals surface area contributed by atoms with Crippen LogP contribution in [0, 0.1) is 0 Å². The van der Waals surface area contributed by atoms with E-state index in [1.165, 1.54) is 22.7 Å². The van der Waals surface area contributed by atoms with Crippen LogP contribution in [0.25, 0.3) is 10.6 Å². The number of anilines is 1. The van der Waals surface area contributed by atoms with Gasteiger partial charge in [-0.2, -0.15) is 0 Å². The molecule has 0 bridgehead atoms. The highest BCUT2D eigenvalue weighted by Gasteiger charge is 2.10. The summed E-state index contributed by atoms with van der Waals surface area (Å²) < 4.78 is 6.36. The number of rotatable bonds is 8. The molecule has 1 N–H and O–H groups in total. The van der Waals surface area contributed by atoms with E-state index >= 15 is 0 Å². The minimum atomic E-state index is -0.0944. The van der Waals surface area contributed by atoms with Gasteiger partial charge in [-0.3, -0.25) is 4.79 Å². The van der Waals surface area contributed by atoms with Crippen molar-refractivity contribution < 1.29 is 9.53 Å². The molecule has 2 aromatic carbocycles. The van der Waals surface area contributed by atoms with Gasteiger partial charge < -0.3 is 10.1 Å². The molecule has 0 fully saturated rings. The van der Waals surface area contributed by atoms with Crippen molar-refractivity contribution in [3.05, 3.63) is 65.1 Å². The van der Waals surface area contributed by atoms with Crippen molar-refractivity contribution in [2.45, 2.75) is 22.6 Å². The van der Waals surface area contributed by atoms with Crippen LogP contribution in [-0.2, 0) is 11.2 Å². The molecule has 4 aromatic rings. The van der Waals surface area contributed by atoms with Crippen LogP contribution >= 0.6 is 34.4 Å². The highest BCUT2D eigenvalue weighted by atomic mass is 32.2. The molecule has 1 amide bonds. The molecule has 4 rings (SSSR count). The number of hydrogen-bond donors (Lipinski definition) is 1. The van der Waals surface area contributed by atoms with E-state index in [0.29, 0.717) is 6.61 Å². The normalized spacial score (nSPS) is 10.7. The number of carbonyl (C=O) groups excluding carboxylic acids is 1. The molecular weight excluding hydrogens is 436 g/mol. The Morgan fingerprint density at radius 1 is 1.10 bits per heavy atom. The van der Waals surface area contributed by atoms with Crippen molar-refractivity contribution in [1.29, 1.82) is 0 Å². The lowest BCUT2D eigenvalue weighted by atomic mass is 10.2. The van der Waals surface area contributed by atoms with Gasteiger partial charge in [0.15, 0.2) is 4.34 Å². The standard InChI is InChI=1S/C21H18N4O2S3/c1-2-27-17-7-3-14(4-8-17)20-24-16(12-28-20)11-19(26)23-15-5-9-18(10-6-15)30-21-25-22-13-29-21/h3-10,12-13H,2,11H2,1H3,(H,23,26). The van der Waals surface area contributed by atoms with Crippen molar-refractivity contribution in [3.63, 3.8) is 0 Å². The Balaban J connectivity index is 1.33. The molecule has 30 heavy (non-hydrogen) atoms. The summed E-state index contributed by atoms with van der Waals surface area (Å²) in [6.45, 7) is 2.60. The maximum atomic E-state index is 12.4. The molecule has 0 aliphatic heterocycles. The van der Waals surface area contributed by atoms with Gasteiger partial charge in [0, 0.05) is 21.5 Å². The Hall–Kier alpha value is -2.75.